The molecule has 1 amide bonds. The quantitative estimate of drug-likeness (QED) is 0.889. The van der Waals surface area contributed by atoms with Gasteiger partial charge in [-0.3, -0.25) is 4.79 Å². The van der Waals surface area contributed by atoms with E-state index in [-0.39, 0.29) is 11.9 Å². The molecule has 2 rings (SSSR count). The Morgan fingerprint density at radius 1 is 1.35 bits per heavy atom. The molecule has 1 atom stereocenters. The molecule has 0 spiro atoms. The Balaban J connectivity index is 1.85. The number of nitrogens with zero attached hydrogens (tertiary/aromatic N) is 2. The second kappa shape index (κ2) is 7.14. The van der Waals surface area contributed by atoms with Crippen LogP contribution in [0.5, 0.6) is 0 Å². The van der Waals surface area contributed by atoms with Crippen LogP contribution in [0.4, 0.5) is 0 Å². The van der Waals surface area contributed by atoms with Gasteiger partial charge in [0.1, 0.15) is 4.88 Å². The molecular formula is C15H19N3OS. The molecule has 0 fully saturated rings. The fourth-order valence-electron chi connectivity index (χ4n) is 2.00. The van der Waals surface area contributed by atoms with Gasteiger partial charge in [-0.25, -0.2) is 0 Å². The van der Waals surface area contributed by atoms with Crippen LogP contribution < -0.4 is 5.32 Å². The lowest BCUT2D eigenvalue weighted by Gasteiger charge is -2.13. The van der Waals surface area contributed by atoms with Crippen molar-refractivity contribution in [1.82, 2.24) is 14.9 Å². The summed E-state index contributed by atoms with van der Waals surface area (Å²) >= 11 is 1.17. The maximum Gasteiger partial charge on any atom is 0.265 e. The summed E-state index contributed by atoms with van der Waals surface area (Å²) < 4.78 is 3.85. The molecule has 0 radical (unpaired) electrons. The first-order valence-electron chi connectivity index (χ1n) is 6.86. The van der Waals surface area contributed by atoms with Gasteiger partial charge in [0.05, 0.1) is 5.69 Å². The Hall–Kier alpha value is -1.75. The number of hydrogen-bond acceptors (Lipinski definition) is 4. The molecule has 2 aromatic rings. The van der Waals surface area contributed by atoms with Crippen LogP contribution in [0.3, 0.4) is 0 Å². The molecule has 0 saturated heterocycles. The maximum atomic E-state index is 12.1. The van der Waals surface area contributed by atoms with Gasteiger partial charge >= 0.3 is 0 Å². The third-order valence-electron chi connectivity index (χ3n) is 3.18. The third kappa shape index (κ3) is 3.87. The first kappa shape index (κ1) is 14.7. The van der Waals surface area contributed by atoms with E-state index >= 15 is 0 Å². The molecule has 1 aromatic carbocycles. The van der Waals surface area contributed by atoms with Gasteiger partial charge in [0.2, 0.25) is 0 Å². The molecule has 0 bridgehead atoms. The highest BCUT2D eigenvalue weighted by molar-refractivity contribution is 7.08. The molecule has 106 valence electrons. The van der Waals surface area contributed by atoms with Crippen LogP contribution in [-0.4, -0.2) is 21.5 Å². The summed E-state index contributed by atoms with van der Waals surface area (Å²) in [5, 5.41) is 6.98. The van der Waals surface area contributed by atoms with E-state index in [9.17, 15) is 4.79 Å². The predicted molar refractivity (Wildman–Crippen MR) is 81.0 cm³/mol. The Bertz CT molecular complexity index is 553. The lowest BCUT2D eigenvalue weighted by molar-refractivity contribution is 0.0941. The molecule has 1 aromatic heterocycles. The van der Waals surface area contributed by atoms with Crippen molar-refractivity contribution in [3.8, 4) is 0 Å². The first-order valence-corrected chi connectivity index (χ1v) is 7.64. The molecule has 0 aliphatic rings. The smallest absolute Gasteiger partial charge is 0.265 e. The van der Waals surface area contributed by atoms with Crippen LogP contribution in [0.2, 0.25) is 0 Å². The average molecular weight is 289 g/mol. The van der Waals surface area contributed by atoms with E-state index in [4.69, 9.17) is 0 Å². The van der Waals surface area contributed by atoms with Crippen LogP contribution in [-0.2, 0) is 12.8 Å². The number of nitrogens with one attached hydrogen (secondary N) is 1. The fraction of sp³-hybridized carbons (Fsp3) is 0.400. The van der Waals surface area contributed by atoms with E-state index in [1.165, 1.54) is 17.1 Å². The van der Waals surface area contributed by atoms with Crippen molar-refractivity contribution >= 4 is 17.4 Å². The molecule has 0 saturated carbocycles. The summed E-state index contributed by atoms with van der Waals surface area (Å²) in [6.07, 6.45) is 2.62. The molecule has 4 nitrogen and oxygen atoms in total. The van der Waals surface area contributed by atoms with Crippen LogP contribution >= 0.6 is 11.5 Å². The fourth-order valence-corrected chi connectivity index (χ4v) is 2.66. The van der Waals surface area contributed by atoms with Crippen molar-refractivity contribution in [2.24, 2.45) is 0 Å². The van der Waals surface area contributed by atoms with Crippen molar-refractivity contribution in [3.63, 3.8) is 0 Å². The molecular weight excluding hydrogens is 270 g/mol. The van der Waals surface area contributed by atoms with E-state index in [2.05, 4.69) is 27.0 Å². The standard InChI is InChI=1S/C15H19N3OS/c1-3-13-14(20-18-17-13)15(19)16-11(2)9-10-12-7-5-4-6-8-12/h4-8,11H,3,9-10H2,1-2H3,(H,16,19)/t11-/m0/s1. The minimum absolute atomic E-state index is 0.0580. The monoisotopic (exact) mass is 289 g/mol. The highest BCUT2D eigenvalue weighted by Crippen LogP contribution is 2.12. The van der Waals surface area contributed by atoms with Crippen LogP contribution in [0.25, 0.3) is 0 Å². The zero-order valence-electron chi connectivity index (χ0n) is 11.8. The number of benzene rings is 1. The lowest BCUT2D eigenvalue weighted by Crippen LogP contribution is -2.32. The number of hydrogen-bond donors (Lipinski definition) is 1. The molecule has 0 aliphatic heterocycles. The number of aryl methyl sites for hydroxylation is 2. The Labute approximate surface area is 123 Å². The van der Waals surface area contributed by atoms with Gasteiger partial charge in [0, 0.05) is 6.04 Å². The van der Waals surface area contributed by atoms with E-state index < -0.39 is 0 Å². The summed E-state index contributed by atoms with van der Waals surface area (Å²) in [5.74, 6) is -0.0580. The first-order chi connectivity index (χ1) is 9.70. The molecule has 20 heavy (non-hydrogen) atoms. The second-order valence-corrected chi connectivity index (χ2v) is 5.56. The number of carbonyl (C=O) groups excluding carboxylic acids is 1. The minimum Gasteiger partial charge on any atom is -0.349 e. The summed E-state index contributed by atoms with van der Waals surface area (Å²) in [5.41, 5.74) is 2.07. The van der Waals surface area contributed by atoms with Crippen molar-refractivity contribution in [3.05, 3.63) is 46.5 Å². The highest BCUT2D eigenvalue weighted by Gasteiger charge is 2.16. The van der Waals surface area contributed by atoms with Gasteiger partial charge in [-0.1, -0.05) is 41.7 Å². The normalized spacial score (nSPS) is 12.1. The van der Waals surface area contributed by atoms with Crippen molar-refractivity contribution in [1.29, 1.82) is 0 Å². The SMILES string of the molecule is CCc1nnsc1C(=O)N[C@@H](C)CCc1ccccc1. The van der Waals surface area contributed by atoms with E-state index in [1.807, 2.05) is 32.0 Å². The average Bonchev–Trinajstić information content (AvgIpc) is 2.95. The van der Waals surface area contributed by atoms with Crippen LogP contribution in [0.1, 0.15) is 41.2 Å². The topological polar surface area (TPSA) is 54.9 Å². The number of rotatable bonds is 6. The van der Waals surface area contributed by atoms with Crippen molar-refractivity contribution in [2.75, 3.05) is 0 Å². The minimum atomic E-state index is -0.0580. The van der Waals surface area contributed by atoms with Crippen LogP contribution in [0, 0.1) is 0 Å². The molecule has 5 heteroatoms. The van der Waals surface area contributed by atoms with Gasteiger partial charge in [0.15, 0.2) is 0 Å². The summed E-state index contributed by atoms with van der Waals surface area (Å²) in [6, 6.07) is 10.4. The van der Waals surface area contributed by atoms with Gasteiger partial charge < -0.3 is 5.32 Å². The van der Waals surface area contributed by atoms with Gasteiger partial charge in [-0.2, -0.15) is 0 Å². The van der Waals surface area contributed by atoms with Gasteiger partial charge in [0.25, 0.3) is 5.91 Å². The molecule has 0 aliphatic carbocycles. The van der Waals surface area contributed by atoms with Gasteiger partial charge in [-0.05, 0) is 43.3 Å². The third-order valence-corrected chi connectivity index (χ3v) is 3.95. The zero-order chi connectivity index (χ0) is 14.4. The highest BCUT2D eigenvalue weighted by atomic mass is 32.1. The predicted octanol–water partition coefficient (Wildman–Crippen LogP) is 2.85. The second-order valence-electron chi connectivity index (χ2n) is 4.80. The maximum absolute atomic E-state index is 12.1. The van der Waals surface area contributed by atoms with Gasteiger partial charge in [-0.15, -0.1) is 5.10 Å². The Morgan fingerprint density at radius 2 is 2.10 bits per heavy atom. The zero-order valence-corrected chi connectivity index (χ0v) is 12.6. The summed E-state index contributed by atoms with van der Waals surface area (Å²) in [7, 11) is 0. The van der Waals surface area contributed by atoms with E-state index in [0.717, 1.165) is 25.0 Å². The molecule has 1 N–H and O–H groups in total. The number of carbonyl (C=O) groups is 1. The molecule has 0 unspecified atom stereocenters. The number of aromatic nitrogens is 2. The van der Waals surface area contributed by atoms with Crippen LogP contribution in [0.15, 0.2) is 30.3 Å². The van der Waals surface area contributed by atoms with E-state index in [1.54, 1.807) is 0 Å². The lowest BCUT2D eigenvalue weighted by atomic mass is 10.1. The Kier molecular flexibility index (Phi) is 5.24. The largest absolute Gasteiger partial charge is 0.349 e. The Morgan fingerprint density at radius 3 is 2.80 bits per heavy atom. The van der Waals surface area contributed by atoms with Crippen molar-refractivity contribution < 1.29 is 4.79 Å². The summed E-state index contributed by atoms with van der Waals surface area (Å²) in [6.45, 7) is 4.01. The summed E-state index contributed by atoms with van der Waals surface area (Å²) in [4.78, 5) is 12.8. The van der Waals surface area contributed by atoms with Crippen molar-refractivity contribution in [2.45, 2.75) is 39.2 Å². The molecule has 1 heterocycles. The number of amides is 1. The van der Waals surface area contributed by atoms with E-state index in [0.29, 0.717) is 4.88 Å².